The average Bonchev–Trinajstić information content (AvgIpc) is 2.82. The van der Waals surface area contributed by atoms with Crippen LogP contribution in [0.2, 0.25) is 0 Å². The monoisotopic (exact) mass is 404 g/mol. The molecule has 4 aromatic carbocycles. The number of nitrogens with zero attached hydrogens (tertiary/aromatic N) is 1. The Kier molecular flexibility index (Phi) is 5.77. The fourth-order valence-electron chi connectivity index (χ4n) is 3.63. The van der Waals surface area contributed by atoms with E-state index in [1.54, 1.807) is 12.1 Å². The highest BCUT2D eigenvalue weighted by molar-refractivity contribution is 6.02. The van der Waals surface area contributed by atoms with Crippen LogP contribution in [0, 0.1) is 11.3 Å². The third kappa shape index (κ3) is 4.31. The van der Waals surface area contributed by atoms with Crippen molar-refractivity contribution in [3.8, 4) is 11.8 Å². The number of aromatic hydroxyl groups is 1. The Morgan fingerprint density at radius 3 is 2.23 bits per heavy atom. The molecule has 0 heterocycles. The second-order valence-electron chi connectivity index (χ2n) is 7.12. The Morgan fingerprint density at radius 1 is 0.871 bits per heavy atom. The van der Waals surface area contributed by atoms with Gasteiger partial charge in [0.15, 0.2) is 0 Å². The number of hydrogen-bond donors (Lipinski definition) is 2. The van der Waals surface area contributed by atoms with E-state index < -0.39 is 11.9 Å². The van der Waals surface area contributed by atoms with E-state index in [1.807, 2.05) is 97.1 Å². The minimum Gasteiger partial charge on any atom is -0.508 e. The molecule has 1 atom stereocenters. The van der Waals surface area contributed by atoms with Gasteiger partial charge >= 0.3 is 0 Å². The molecule has 0 saturated carbocycles. The maximum atomic E-state index is 13.1. The molecule has 0 fully saturated rings. The molecule has 0 saturated heterocycles. The van der Waals surface area contributed by atoms with E-state index in [0.29, 0.717) is 5.56 Å². The van der Waals surface area contributed by atoms with Gasteiger partial charge in [0.25, 0.3) is 5.91 Å². The number of benzene rings is 4. The highest BCUT2D eigenvalue weighted by atomic mass is 16.3. The molecular weight excluding hydrogens is 384 g/mol. The van der Waals surface area contributed by atoms with E-state index >= 15 is 0 Å². The van der Waals surface area contributed by atoms with Gasteiger partial charge in [-0.05, 0) is 34.0 Å². The van der Waals surface area contributed by atoms with Crippen molar-refractivity contribution in [1.29, 1.82) is 5.26 Å². The first-order valence-electron chi connectivity index (χ1n) is 9.90. The van der Waals surface area contributed by atoms with Crippen molar-refractivity contribution < 1.29 is 9.90 Å². The van der Waals surface area contributed by atoms with Crippen LogP contribution in [0.15, 0.2) is 103 Å². The minimum absolute atomic E-state index is 0.00754. The number of phenolic OH excluding ortho intramolecular Hbond substituents is 1. The van der Waals surface area contributed by atoms with Gasteiger partial charge in [0, 0.05) is 5.56 Å². The van der Waals surface area contributed by atoms with Gasteiger partial charge < -0.3 is 10.4 Å². The van der Waals surface area contributed by atoms with Gasteiger partial charge in [0.2, 0.25) is 0 Å². The smallest absolute Gasteiger partial charge is 0.262 e. The largest absolute Gasteiger partial charge is 0.508 e. The topological polar surface area (TPSA) is 73.1 Å². The lowest BCUT2D eigenvalue weighted by atomic mass is 9.92. The molecule has 1 amide bonds. The number of amides is 1. The van der Waals surface area contributed by atoms with Crippen molar-refractivity contribution >= 4 is 22.8 Å². The predicted molar refractivity (Wildman–Crippen MR) is 122 cm³/mol. The fourth-order valence-corrected chi connectivity index (χ4v) is 3.63. The van der Waals surface area contributed by atoms with Crippen LogP contribution in [-0.2, 0) is 4.79 Å². The highest BCUT2D eigenvalue weighted by Crippen LogP contribution is 2.36. The number of carbonyl (C=O) groups excluding carboxylic acids is 1. The van der Waals surface area contributed by atoms with Crippen LogP contribution in [0.4, 0.5) is 0 Å². The average molecular weight is 404 g/mol. The van der Waals surface area contributed by atoms with Crippen LogP contribution >= 0.6 is 0 Å². The number of nitrogens with one attached hydrogen (secondary N) is 1. The van der Waals surface area contributed by atoms with Gasteiger partial charge in [-0.3, -0.25) is 4.79 Å². The summed E-state index contributed by atoms with van der Waals surface area (Å²) in [6, 6.07) is 31.2. The molecule has 2 N–H and O–H groups in total. The summed E-state index contributed by atoms with van der Waals surface area (Å²) in [6.07, 6.45) is 1.56. The van der Waals surface area contributed by atoms with Crippen molar-refractivity contribution in [1.82, 2.24) is 5.32 Å². The quantitative estimate of drug-likeness (QED) is 0.347. The molecule has 4 nitrogen and oxygen atoms in total. The molecule has 31 heavy (non-hydrogen) atoms. The van der Waals surface area contributed by atoms with Crippen molar-refractivity contribution in [2.24, 2.45) is 0 Å². The zero-order chi connectivity index (χ0) is 21.6. The van der Waals surface area contributed by atoms with E-state index in [0.717, 1.165) is 21.9 Å². The zero-order valence-corrected chi connectivity index (χ0v) is 16.7. The summed E-state index contributed by atoms with van der Waals surface area (Å²) in [4.78, 5) is 13.1. The third-order valence-electron chi connectivity index (χ3n) is 5.12. The lowest BCUT2D eigenvalue weighted by Crippen LogP contribution is -2.30. The van der Waals surface area contributed by atoms with Gasteiger partial charge in [-0.25, -0.2) is 0 Å². The number of hydrogen-bond acceptors (Lipinski definition) is 3. The number of rotatable bonds is 5. The van der Waals surface area contributed by atoms with Crippen LogP contribution < -0.4 is 5.32 Å². The lowest BCUT2D eigenvalue weighted by molar-refractivity contribution is -0.117. The normalized spacial score (nSPS) is 12.2. The SMILES string of the molecule is N#C/C(=C/c1ccccc1)C(=O)N[C@H](c1ccccc1)c1c(O)ccc2ccccc12. The lowest BCUT2D eigenvalue weighted by Gasteiger charge is -2.22. The number of carbonyl (C=O) groups is 1. The molecule has 0 aliphatic rings. The Hall–Kier alpha value is -4.36. The van der Waals surface area contributed by atoms with Gasteiger partial charge in [-0.1, -0.05) is 91.0 Å². The first-order valence-corrected chi connectivity index (χ1v) is 9.90. The summed E-state index contributed by atoms with van der Waals surface area (Å²) in [7, 11) is 0. The molecule has 0 radical (unpaired) electrons. The van der Waals surface area contributed by atoms with E-state index in [2.05, 4.69) is 5.32 Å². The summed E-state index contributed by atoms with van der Waals surface area (Å²) >= 11 is 0. The summed E-state index contributed by atoms with van der Waals surface area (Å²) in [5.74, 6) is -0.425. The number of fused-ring (bicyclic) bond motifs is 1. The molecule has 4 aromatic rings. The fraction of sp³-hybridized carbons (Fsp3) is 0.0370. The third-order valence-corrected chi connectivity index (χ3v) is 5.12. The van der Waals surface area contributed by atoms with Crippen molar-refractivity contribution in [3.63, 3.8) is 0 Å². The van der Waals surface area contributed by atoms with Gasteiger partial charge in [-0.2, -0.15) is 5.26 Å². The first kappa shape index (κ1) is 19.9. The molecule has 4 rings (SSSR count). The van der Waals surface area contributed by atoms with Crippen molar-refractivity contribution in [3.05, 3.63) is 119 Å². The second-order valence-corrected chi connectivity index (χ2v) is 7.12. The van der Waals surface area contributed by atoms with Crippen LogP contribution in [-0.4, -0.2) is 11.0 Å². The predicted octanol–water partition coefficient (Wildman–Crippen LogP) is 5.36. The first-order chi connectivity index (χ1) is 15.2. The number of phenols is 1. The Morgan fingerprint density at radius 2 is 1.52 bits per heavy atom. The van der Waals surface area contributed by atoms with Crippen molar-refractivity contribution in [2.45, 2.75) is 6.04 Å². The molecular formula is C27H20N2O2. The summed E-state index contributed by atoms with van der Waals surface area (Å²) in [5.41, 5.74) is 2.15. The highest BCUT2D eigenvalue weighted by Gasteiger charge is 2.24. The van der Waals surface area contributed by atoms with E-state index in [1.165, 1.54) is 0 Å². The minimum atomic E-state index is -0.632. The summed E-state index contributed by atoms with van der Waals surface area (Å²) in [5, 5.41) is 25.1. The molecule has 150 valence electrons. The molecule has 0 aliphatic heterocycles. The standard InChI is InChI=1S/C27H20N2O2/c28-18-22(17-19-9-3-1-4-10-19)27(31)29-26(21-12-5-2-6-13-21)25-23-14-8-7-11-20(23)15-16-24(25)30/h1-17,26,30H,(H,29,31)/b22-17-/t26-/m1/s1. The van der Waals surface area contributed by atoms with E-state index in [4.69, 9.17) is 0 Å². The zero-order valence-electron chi connectivity index (χ0n) is 16.7. The summed E-state index contributed by atoms with van der Waals surface area (Å²) in [6.45, 7) is 0. The Labute approximate surface area is 180 Å². The van der Waals surface area contributed by atoms with Gasteiger partial charge in [0.05, 0.1) is 6.04 Å². The van der Waals surface area contributed by atoms with E-state index in [9.17, 15) is 15.2 Å². The maximum Gasteiger partial charge on any atom is 0.262 e. The molecule has 0 bridgehead atoms. The molecule has 0 aromatic heterocycles. The van der Waals surface area contributed by atoms with Crippen LogP contribution in [0.25, 0.3) is 16.8 Å². The van der Waals surface area contributed by atoms with Gasteiger partial charge in [-0.15, -0.1) is 0 Å². The molecule has 4 heteroatoms. The van der Waals surface area contributed by atoms with Gasteiger partial charge in [0.1, 0.15) is 17.4 Å². The van der Waals surface area contributed by atoms with Crippen LogP contribution in [0.3, 0.4) is 0 Å². The maximum absolute atomic E-state index is 13.1. The Bertz CT molecular complexity index is 1290. The second kappa shape index (κ2) is 8.98. The molecule has 0 unspecified atom stereocenters. The van der Waals surface area contributed by atoms with Crippen LogP contribution in [0.5, 0.6) is 5.75 Å². The molecule has 0 aliphatic carbocycles. The molecule has 0 spiro atoms. The van der Waals surface area contributed by atoms with Crippen molar-refractivity contribution in [2.75, 3.05) is 0 Å². The number of nitriles is 1. The summed E-state index contributed by atoms with van der Waals surface area (Å²) < 4.78 is 0. The van der Waals surface area contributed by atoms with Crippen LogP contribution in [0.1, 0.15) is 22.7 Å². The Balaban J connectivity index is 1.80. The van der Waals surface area contributed by atoms with E-state index in [-0.39, 0.29) is 11.3 Å².